The van der Waals surface area contributed by atoms with Crippen molar-refractivity contribution >= 4 is 22.7 Å². The van der Waals surface area contributed by atoms with Gasteiger partial charge in [0.25, 0.3) is 5.56 Å². The van der Waals surface area contributed by atoms with E-state index < -0.39 is 11.6 Å². The number of benzene rings is 2. The number of aromatic nitrogens is 1. The smallest absolute Gasteiger partial charge is 0.337 e. The molecule has 6 heteroatoms. The van der Waals surface area contributed by atoms with Crippen molar-refractivity contribution in [1.29, 1.82) is 0 Å². The molecular formula is C24H25NO5. The van der Waals surface area contributed by atoms with Crippen LogP contribution in [0.3, 0.4) is 0 Å². The van der Waals surface area contributed by atoms with Gasteiger partial charge < -0.3 is 14.0 Å². The fourth-order valence-electron chi connectivity index (χ4n) is 3.23. The highest BCUT2D eigenvalue weighted by Crippen LogP contribution is 2.15. The SMILES string of the molecule is COC(=O)c1ccc2ccn(Cc3cccc(CC(=O)OC(C)(C)C)c3)c(=O)c2c1. The molecule has 0 fully saturated rings. The Morgan fingerprint density at radius 1 is 1.00 bits per heavy atom. The van der Waals surface area contributed by atoms with Gasteiger partial charge in [0.15, 0.2) is 0 Å². The maximum atomic E-state index is 13.0. The topological polar surface area (TPSA) is 74.6 Å². The minimum atomic E-state index is -0.532. The van der Waals surface area contributed by atoms with E-state index in [0.29, 0.717) is 17.5 Å². The zero-order valence-electron chi connectivity index (χ0n) is 17.6. The summed E-state index contributed by atoms with van der Waals surface area (Å²) in [6.45, 7) is 5.84. The number of nitrogens with zero attached hydrogens (tertiary/aromatic N) is 1. The van der Waals surface area contributed by atoms with Crippen LogP contribution < -0.4 is 5.56 Å². The molecule has 0 saturated carbocycles. The van der Waals surface area contributed by atoms with Gasteiger partial charge in [0, 0.05) is 11.6 Å². The summed E-state index contributed by atoms with van der Waals surface area (Å²) < 4.78 is 11.7. The number of methoxy groups -OCH3 is 1. The van der Waals surface area contributed by atoms with Crippen molar-refractivity contribution in [1.82, 2.24) is 4.57 Å². The van der Waals surface area contributed by atoms with Crippen molar-refractivity contribution < 1.29 is 19.1 Å². The number of pyridine rings is 1. The summed E-state index contributed by atoms with van der Waals surface area (Å²) in [6.07, 6.45) is 1.89. The van der Waals surface area contributed by atoms with Gasteiger partial charge >= 0.3 is 11.9 Å². The number of fused-ring (bicyclic) bond motifs is 1. The zero-order chi connectivity index (χ0) is 21.9. The molecule has 1 heterocycles. The van der Waals surface area contributed by atoms with Crippen LogP contribution >= 0.6 is 0 Å². The van der Waals surface area contributed by atoms with E-state index in [1.807, 2.05) is 51.1 Å². The summed E-state index contributed by atoms with van der Waals surface area (Å²) in [5.41, 5.74) is 1.32. The Morgan fingerprint density at radius 3 is 2.43 bits per heavy atom. The van der Waals surface area contributed by atoms with Gasteiger partial charge in [-0.15, -0.1) is 0 Å². The number of esters is 2. The number of carbonyl (C=O) groups excluding carboxylic acids is 2. The Morgan fingerprint density at radius 2 is 1.73 bits per heavy atom. The molecule has 0 atom stereocenters. The van der Waals surface area contributed by atoms with Crippen LogP contribution in [0.1, 0.15) is 42.3 Å². The summed E-state index contributed by atoms with van der Waals surface area (Å²) in [4.78, 5) is 36.8. The van der Waals surface area contributed by atoms with Crippen molar-refractivity contribution in [3.63, 3.8) is 0 Å². The second-order valence-corrected chi connectivity index (χ2v) is 8.13. The molecule has 0 aliphatic carbocycles. The molecule has 2 aromatic carbocycles. The molecule has 0 spiro atoms. The van der Waals surface area contributed by atoms with Gasteiger partial charge in [-0.1, -0.05) is 30.3 Å². The molecule has 156 valence electrons. The van der Waals surface area contributed by atoms with E-state index in [1.54, 1.807) is 29.0 Å². The minimum Gasteiger partial charge on any atom is -0.465 e. The molecule has 0 N–H and O–H groups in total. The first kappa shape index (κ1) is 21.3. The molecule has 30 heavy (non-hydrogen) atoms. The molecule has 0 unspecified atom stereocenters. The average molecular weight is 407 g/mol. The normalized spacial score (nSPS) is 11.3. The van der Waals surface area contributed by atoms with Crippen molar-refractivity contribution in [3.8, 4) is 0 Å². The fraction of sp³-hybridized carbons (Fsp3) is 0.292. The largest absolute Gasteiger partial charge is 0.465 e. The Bertz CT molecular complexity index is 1150. The van der Waals surface area contributed by atoms with Crippen LogP contribution in [-0.4, -0.2) is 29.2 Å². The third-order valence-corrected chi connectivity index (χ3v) is 4.51. The monoisotopic (exact) mass is 407 g/mol. The van der Waals surface area contributed by atoms with Crippen LogP contribution in [0, 0.1) is 0 Å². The van der Waals surface area contributed by atoms with Gasteiger partial charge in [-0.2, -0.15) is 0 Å². The number of hydrogen-bond acceptors (Lipinski definition) is 5. The van der Waals surface area contributed by atoms with Crippen molar-refractivity contribution in [2.45, 2.75) is 39.3 Å². The number of hydrogen-bond donors (Lipinski definition) is 0. The highest BCUT2D eigenvalue weighted by atomic mass is 16.6. The molecule has 0 saturated heterocycles. The lowest BCUT2D eigenvalue weighted by Crippen LogP contribution is -2.25. The first-order valence-corrected chi connectivity index (χ1v) is 9.67. The maximum Gasteiger partial charge on any atom is 0.337 e. The van der Waals surface area contributed by atoms with E-state index in [0.717, 1.165) is 16.5 Å². The van der Waals surface area contributed by atoms with Crippen LogP contribution in [0.25, 0.3) is 10.8 Å². The number of ether oxygens (including phenoxy) is 2. The lowest BCUT2D eigenvalue weighted by molar-refractivity contribution is -0.153. The molecule has 0 aliphatic rings. The van der Waals surface area contributed by atoms with E-state index in [4.69, 9.17) is 9.47 Å². The Labute approximate surface area is 175 Å². The van der Waals surface area contributed by atoms with Crippen LogP contribution in [0.5, 0.6) is 0 Å². The molecular weight excluding hydrogens is 382 g/mol. The Kier molecular flexibility index (Phi) is 6.06. The minimum absolute atomic E-state index is 0.167. The van der Waals surface area contributed by atoms with Gasteiger partial charge in [-0.3, -0.25) is 9.59 Å². The van der Waals surface area contributed by atoms with Crippen molar-refractivity contribution in [2.24, 2.45) is 0 Å². The first-order valence-electron chi connectivity index (χ1n) is 9.67. The average Bonchev–Trinajstić information content (AvgIpc) is 2.68. The summed E-state index contributed by atoms with van der Waals surface area (Å²) in [5.74, 6) is -0.778. The van der Waals surface area contributed by atoms with Gasteiger partial charge in [0.1, 0.15) is 5.60 Å². The van der Waals surface area contributed by atoms with E-state index in [2.05, 4.69) is 0 Å². The molecule has 3 aromatic rings. The van der Waals surface area contributed by atoms with Crippen LogP contribution in [0.2, 0.25) is 0 Å². The highest BCUT2D eigenvalue weighted by molar-refractivity contribution is 5.95. The van der Waals surface area contributed by atoms with E-state index in [1.165, 1.54) is 7.11 Å². The number of rotatable bonds is 5. The molecule has 0 radical (unpaired) electrons. The van der Waals surface area contributed by atoms with E-state index >= 15 is 0 Å². The summed E-state index contributed by atoms with van der Waals surface area (Å²) in [7, 11) is 1.31. The second kappa shape index (κ2) is 8.53. The lowest BCUT2D eigenvalue weighted by atomic mass is 10.1. The van der Waals surface area contributed by atoms with E-state index in [9.17, 15) is 14.4 Å². The van der Waals surface area contributed by atoms with Gasteiger partial charge in [-0.25, -0.2) is 4.79 Å². The quantitative estimate of drug-likeness (QED) is 0.603. The third-order valence-electron chi connectivity index (χ3n) is 4.51. The summed E-state index contributed by atoms with van der Waals surface area (Å²) >= 11 is 0. The summed E-state index contributed by atoms with van der Waals surface area (Å²) in [5, 5.41) is 1.20. The molecule has 3 rings (SSSR count). The number of carbonyl (C=O) groups is 2. The molecule has 0 bridgehead atoms. The highest BCUT2D eigenvalue weighted by Gasteiger charge is 2.16. The second-order valence-electron chi connectivity index (χ2n) is 8.13. The molecule has 0 amide bonds. The van der Waals surface area contributed by atoms with Crippen LogP contribution in [0.4, 0.5) is 0 Å². The fourth-order valence-corrected chi connectivity index (χ4v) is 3.23. The van der Waals surface area contributed by atoms with Crippen LogP contribution in [0.15, 0.2) is 59.5 Å². The lowest BCUT2D eigenvalue weighted by Gasteiger charge is -2.19. The molecule has 1 aromatic heterocycles. The van der Waals surface area contributed by atoms with Crippen molar-refractivity contribution in [3.05, 3.63) is 81.8 Å². The maximum absolute atomic E-state index is 13.0. The van der Waals surface area contributed by atoms with E-state index in [-0.39, 0.29) is 17.9 Å². The van der Waals surface area contributed by atoms with Crippen molar-refractivity contribution in [2.75, 3.05) is 7.11 Å². The Hall–Kier alpha value is -3.41. The standard InChI is InChI=1S/C24H25NO5/c1-24(2,3)30-21(26)13-16-6-5-7-17(12-16)15-25-11-10-18-8-9-19(23(28)29-4)14-20(18)22(25)27/h5-12,14H,13,15H2,1-4H3. The van der Waals surface area contributed by atoms with Gasteiger partial charge in [0.05, 0.1) is 25.6 Å². The molecule has 0 aliphatic heterocycles. The van der Waals surface area contributed by atoms with Crippen LogP contribution in [-0.2, 0) is 27.2 Å². The van der Waals surface area contributed by atoms with Gasteiger partial charge in [-0.05, 0) is 55.5 Å². The summed E-state index contributed by atoms with van der Waals surface area (Å²) in [6, 6.07) is 14.3. The Balaban J connectivity index is 1.85. The third kappa shape index (κ3) is 5.14. The predicted octanol–water partition coefficient (Wildman–Crippen LogP) is 3.72. The predicted molar refractivity (Wildman–Crippen MR) is 115 cm³/mol. The first-order chi connectivity index (χ1) is 14.2. The van der Waals surface area contributed by atoms with Gasteiger partial charge in [0.2, 0.25) is 0 Å². The zero-order valence-corrected chi connectivity index (χ0v) is 17.6. The molecule has 6 nitrogen and oxygen atoms in total.